The average molecular weight is 301 g/mol. The molecule has 0 aliphatic rings. The van der Waals surface area contributed by atoms with Crippen LogP contribution in [0.2, 0.25) is 0 Å². The molecule has 2 aromatic rings. The van der Waals surface area contributed by atoms with Gasteiger partial charge in [-0.2, -0.15) is 0 Å². The van der Waals surface area contributed by atoms with Crippen LogP contribution in [-0.4, -0.2) is 26.8 Å². The van der Waals surface area contributed by atoms with Crippen molar-refractivity contribution in [2.24, 2.45) is 5.92 Å². The van der Waals surface area contributed by atoms with Crippen LogP contribution in [0.1, 0.15) is 38.7 Å². The summed E-state index contributed by atoms with van der Waals surface area (Å²) in [4.78, 5) is 4.42. The maximum atomic E-state index is 10.5. The molecule has 0 aliphatic heterocycles. The van der Waals surface area contributed by atoms with Crippen LogP contribution in [0, 0.1) is 12.8 Å². The van der Waals surface area contributed by atoms with Gasteiger partial charge in [0, 0.05) is 18.8 Å². The molecule has 2 unspecified atom stereocenters. The third-order valence-electron chi connectivity index (χ3n) is 4.49. The highest BCUT2D eigenvalue weighted by molar-refractivity contribution is 5.35. The molecule has 1 aromatic heterocycles. The molecule has 1 aromatic carbocycles. The highest BCUT2D eigenvalue weighted by atomic mass is 16.3. The van der Waals surface area contributed by atoms with Crippen molar-refractivity contribution in [2.45, 2.75) is 46.3 Å². The number of aromatic nitrogens is 2. The Kier molecular flexibility index (Phi) is 5.37. The van der Waals surface area contributed by atoms with E-state index in [2.05, 4.69) is 40.8 Å². The lowest BCUT2D eigenvalue weighted by molar-refractivity contribution is 0.00526. The fraction of sp³-hybridized carbons (Fsp3) is 0.500. The second-order valence-electron chi connectivity index (χ2n) is 6.24. The second-order valence-corrected chi connectivity index (χ2v) is 6.24. The van der Waals surface area contributed by atoms with Gasteiger partial charge in [-0.15, -0.1) is 0 Å². The molecule has 2 atom stereocenters. The standard InChI is InChI=1S/C18H27N3O/c1-5-14(2)18(4,22)13-19-11-17-12-20-15(3)21(17)16-9-7-6-8-10-16/h6-10,12,14,19,22H,5,11,13H2,1-4H3. The van der Waals surface area contributed by atoms with Crippen LogP contribution in [0.15, 0.2) is 36.5 Å². The van der Waals surface area contributed by atoms with E-state index in [4.69, 9.17) is 0 Å². The normalized spacial score (nSPS) is 15.5. The summed E-state index contributed by atoms with van der Waals surface area (Å²) in [6.07, 6.45) is 2.86. The number of benzene rings is 1. The molecule has 22 heavy (non-hydrogen) atoms. The van der Waals surface area contributed by atoms with Crippen molar-refractivity contribution in [1.29, 1.82) is 0 Å². The Morgan fingerprint density at radius 1 is 1.32 bits per heavy atom. The van der Waals surface area contributed by atoms with Crippen LogP contribution in [0.3, 0.4) is 0 Å². The van der Waals surface area contributed by atoms with Gasteiger partial charge >= 0.3 is 0 Å². The van der Waals surface area contributed by atoms with E-state index in [0.29, 0.717) is 13.1 Å². The van der Waals surface area contributed by atoms with E-state index in [1.807, 2.05) is 38.2 Å². The van der Waals surface area contributed by atoms with Gasteiger partial charge in [0.1, 0.15) is 5.82 Å². The third-order valence-corrected chi connectivity index (χ3v) is 4.49. The number of hydrogen-bond donors (Lipinski definition) is 2. The minimum atomic E-state index is -0.693. The molecule has 0 amide bonds. The van der Waals surface area contributed by atoms with Gasteiger partial charge in [0.05, 0.1) is 17.5 Å². The Balaban J connectivity index is 2.06. The molecule has 2 N–H and O–H groups in total. The van der Waals surface area contributed by atoms with E-state index in [1.54, 1.807) is 0 Å². The fourth-order valence-corrected chi connectivity index (χ4v) is 2.60. The van der Waals surface area contributed by atoms with Crippen molar-refractivity contribution in [1.82, 2.24) is 14.9 Å². The minimum absolute atomic E-state index is 0.265. The molecule has 0 fully saturated rings. The number of rotatable bonds is 7. The minimum Gasteiger partial charge on any atom is -0.389 e. The lowest BCUT2D eigenvalue weighted by atomic mass is 9.89. The lowest BCUT2D eigenvalue weighted by Gasteiger charge is -2.30. The maximum Gasteiger partial charge on any atom is 0.110 e. The monoisotopic (exact) mass is 301 g/mol. The zero-order valence-corrected chi connectivity index (χ0v) is 14.0. The third kappa shape index (κ3) is 3.76. The summed E-state index contributed by atoms with van der Waals surface area (Å²) in [5.41, 5.74) is 1.52. The van der Waals surface area contributed by atoms with Gasteiger partial charge in [0.15, 0.2) is 0 Å². The molecule has 0 saturated heterocycles. The van der Waals surface area contributed by atoms with Gasteiger partial charge in [-0.25, -0.2) is 4.98 Å². The number of nitrogens with one attached hydrogen (secondary N) is 1. The van der Waals surface area contributed by atoms with Crippen LogP contribution >= 0.6 is 0 Å². The molecule has 0 bridgehead atoms. The highest BCUT2D eigenvalue weighted by Gasteiger charge is 2.26. The summed E-state index contributed by atoms with van der Waals surface area (Å²) < 4.78 is 2.14. The maximum absolute atomic E-state index is 10.5. The summed E-state index contributed by atoms with van der Waals surface area (Å²) in [7, 11) is 0. The Labute approximate surface area is 133 Å². The summed E-state index contributed by atoms with van der Waals surface area (Å²) in [6.45, 7) is 9.34. The van der Waals surface area contributed by atoms with Gasteiger partial charge in [-0.05, 0) is 31.9 Å². The van der Waals surface area contributed by atoms with Crippen molar-refractivity contribution >= 4 is 0 Å². The quantitative estimate of drug-likeness (QED) is 0.826. The summed E-state index contributed by atoms with van der Waals surface area (Å²) in [5, 5.41) is 13.8. The molecule has 0 radical (unpaired) electrons. The number of aliphatic hydroxyl groups is 1. The molecule has 0 saturated carbocycles. The van der Waals surface area contributed by atoms with E-state index in [9.17, 15) is 5.11 Å². The van der Waals surface area contributed by atoms with Crippen LogP contribution in [-0.2, 0) is 6.54 Å². The molecular formula is C18H27N3O. The van der Waals surface area contributed by atoms with Gasteiger partial charge < -0.3 is 10.4 Å². The summed E-state index contributed by atoms with van der Waals surface area (Å²) in [5.74, 6) is 1.23. The van der Waals surface area contributed by atoms with Crippen molar-refractivity contribution < 1.29 is 5.11 Å². The van der Waals surface area contributed by atoms with Crippen molar-refractivity contribution in [2.75, 3.05) is 6.54 Å². The smallest absolute Gasteiger partial charge is 0.110 e. The first-order valence-electron chi connectivity index (χ1n) is 7.97. The number of imidazole rings is 1. The average Bonchev–Trinajstić information content (AvgIpc) is 2.88. The van der Waals surface area contributed by atoms with Gasteiger partial charge in [0.2, 0.25) is 0 Å². The van der Waals surface area contributed by atoms with Crippen LogP contribution < -0.4 is 5.32 Å². The lowest BCUT2D eigenvalue weighted by Crippen LogP contribution is -2.43. The number of para-hydroxylation sites is 1. The van der Waals surface area contributed by atoms with Crippen LogP contribution in [0.4, 0.5) is 0 Å². The molecule has 120 valence electrons. The predicted molar refractivity (Wildman–Crippen MR) is 90.1 cm³/mol. The van der Waals surface area contributed by atoms with E-state index < -0.39 is 5.60 Å². The van der Waals surface area contributed by atoms with Crippen molar-refractivity contribution in [3.63, 3.8) is 0 Å². The van der Waals surface area contributed by atoms with Gasteiger partial charge in [-0.1, -0.05) is 38.5 Å². The van der Waals surface area contributed by atoms with Crippen molar-refractivity contribution in [3.05, 3.63) is 48.0 Å². The highest BCUT2D eigenvalue weighted by Crippen LogP contribution is 2.19. The zero-order chi connectivity index (χ0) is 16.2. The molecule has 4 heteroatoms. The first-order chi connectivity index (χ1) is 10.5. The van der Waals surface area contributed by atoms with Crippen LogP contribution in [0.5, 0.6) is 0 Å². The van der Waals surface area contributed by atoms with E-state index in [1.165, 1.54) is 0 Å². The van der Waals surface area contributed by atoms with E-state index in [0.717, 1.165) is 23.6 Å². The van der Waals surface area contributed by atoms with Gasteiger partial charge in [0.25, 0.3) is 0 Å². The largest absolute Gasteiger partial charge is 0.389 e. The Hall–Kier alpha value is -1.65. The van der Waals surface area contributed by atoms with Gasteiger partial charge in [-0.3, -0.25) is 4.57 Å². The predicted octanol–water partition coefficient (Wildman–Crippen LogP) is 3.07. The Morgan fingerprint density at radius 3 is 2.64 bits per heavy atom. The van der Waals surface area contributed by atoms with Crippen molar-refractivity contribution in [3.8, 4) is 5.69 Å². The van der Waals surface area contributed by atoms with Crippen LogP contribution in [0.25, 0.3) is 5.69 Å². The summed E-state index contributed by atoms with van der Waals surface area (Å²) >= 11 is 0. The summed E-state index contributed by atoms with van der Waals surface area (Å²) in [6, 6.07) is 10.2. The van der Waals surface area contributed by atoms with E-state index in [-0.39, 0.29) is 5.92 Å². The molecule has 1 heterocycles. The first-order valence-corrected chi connectivity index (χ1v) is 7.97. The van der Waals surface area contributed by atoms with E-state index >= 15 is 0 Å². The topological polar surface area (TPSA) is 50.1 Å². The Morgan fingerprint density at radius 2 is 2.00 bits per heavy atom. The second kappa shape index (κ2) is 7.07. The number of aryl methyl sites for hydroxylation is 1. The number of hydrogen-bond acceptors (Lipinski definition) is 3. The SMILES string of the molecule is CCC(C)C(C)(O)CNCc1cnc(C)n1-c1ccccc1. The Bertz CT molecular complexity index is 590. The fourth-order valence-electron chi connectivity index (χ4n) is 2.60. The first kappa shape index (κ1) is 16.7. The molecule has 0 spiro atoms. The molecule has 4 nitrogen and oxygen atoms in total. The number of nitrogens with zero attached hydrogens (tertiary/aromatic N) is 2. The molecule has 0 aliphatic carbocycles. The molecular weight excluding hydrogens is 274 g/mol. The zero-order valence-electron chi connectivity index (χ0n) is 14.0. The molecule has 2 rings (SSSR count).